The van der Waals surface area contributed by atoms with Gasteiger partial charge in [-0.3, -0.25) is 10.1 Å². The van der Waals surface area contributed by atoms with Gasteiger partial charge in [0, 0.05) is 6.04 Å². The highest BCUT2D eigenvalue weighted by atomic mass is 16.2. The molecular formula is C16H28N2O. The van der Waals surface area contributed by atoms with Crippen molar-refractivity contribution in [3.05, 3.63) is 0 Å². The minimum absolute atomic E-state index is 0.267. The summed E-state index contributed by atoms with van der Waals surface area (Å²) in [6.07, 6.45) is 4.81. The van der Waals surface area contributed by atoms with Gasteiger partial charge in [0.1, 0.15) is 0 Å². The summed E-state index contributed by atoms with van der Waals surface area (Å²) in [6, 6.07) is 0.409. The van der Waals surface area contributed by atoms with Gasteiger partial charge in [0.15, 0.2) is 0 Å². The molecule has 2 bridgehead atoms. The summed E-state index contributed by atoms with van der Waals surface area (Å²) >= 11 is 0. The highest BCUT2D eigenvalue weighted by molar-refractivity contribution is 5.88. The number of nitrogens with one attached hydrogen (secondary N) is 1. The molecule has 108 valence electrons. The van der Waals surface area contributed by atoms with E-state index >= 15 is 0 Å². The molecule has 0 spiro atoms. The van der Waals surface area contributed by atoms with E-state index < -0.39 is 0 Å². The minimum atomic E-state index is -0.339. The smallest absolute Gasteiger partial charge is 0.243 e. The first-order chi connectivity index (χ1) is 8.74. The maximum atomic E-state index is 12.8. The van der Waals surface area contributed by atoms with E-state index in [0.29, 0.717) is 17.4 Å². The summed E-state index contributed by atoms with van der Waals surface area (Å²) in [5, 5.41) is 3.45. The molecule has 0 aromatic rings. The van der Waals surface area contributed by atoms with Gasteiger partial charge in [0.05, 0.1) is 12.2 Å². The van der Waals surface area contributed by atoms with E-state index in [1.807, 2.05) is 0 Å². The molecule has 3 nitrogen and oxygen atoms in total. The van der Waals surface area contributed by atoms with E-state index in [1.165, 1.54) is 19.3 Å². The molecule has 1 heterocycles. The third-order valence-corrected chi connectivity index (χ3v) is 6.58. The maximum Gasteiger partial charge on any atom is 0.243 e. The van der Waals surface area contributed by atoms with Gasteiger partial charge < -0.3 is 4.90 Å². The second-order valence-corrected chi connectivity index (χ2v) is 8.11. The number of nitrogens with zero attached hydrogens (tertiary/aromatic N) is 1. The Kier molecular flexibility index (Phi) is 2.65. The van der Waals surface area contributed by atoms with E-state index in [2.05, 4.69) is 44.8 Å². The normalized spacial score (nSPS) is 48.3. The van der Waals surface area contributed by atoms with Gasteiger partial charge in [-0.2, -0.15) is 0 Å². The summed E-state index contributed by atoms with van der Waals surface area (Å²) in [5.74, 6) is 1.12. The SMILES string of the molecule is CCC1(C)NCN(C2C3(C)CCC(C3)C2(C)C)C1=O. The fourth-order valence-electron chi connectivity index (χ4n) is 5.26. The van der Waals surface area contributed by atoms with Crippen molar-refractivity contribution in [1.29, 1.82) is 0 Å². The van der Waals surface area contributed by atoms with Crippen LogP contribution in [0.1, 0.15) is 60.3 Å². The molecule has 0 aromatic carbocycles. The Labute approximate surface area is 117 Å². The highest BCUT2D eigenvalue weighted by Gasteiger charge is 2.63. The Balaban J connectivity index is 1.93. The lowest BCUT2D eigenvalue weighted by Gasteiger charge is -2.47. The van der Waals surface area contributed by atoms with Crippen molar-refractivity contribution in [3.63, 3.8) is 0 Å². The molecule has 1 saturated heterocycles. The van der Waals surface area contributed by atoms with Crippen LogP contribution in [-0.2, 0) is 4.79 Å². The van der Waals surface area contributed by atoms with E-state index in [-0.39, 0.29) is 11.0 Å². The fraction of sp³-hybridized carbons (Fsp3) is 0.938. The molecule has 3 rings (SSSR count). The second-order valence-electron chi connectivity index (χ2n) is 8.11. The molecule has 0 aromatic heterocycles. The van der Waals surface area contributed by atoms with Crippen LogP contribution in [0, 0.1) is 16.7 Å². The van der Waals surface area contributed by atoms with Gasteiger partial charge in [-0.1, -0.05) is 27.7 Å². The zero-order valence-corrected chi connectivity index (χ0v) is 13.0. The first-order valence-corrected chi connectivity index (χ1v) is 7.81. The molecule has 3 fully saturated rings. The van der Waals surface area contributed by atoms with Crippen LogP contribution < -0.4 is 5.32 Å². The summed E-state index contributed by atoms with van der Waals surface area (Å²) in [6.45, 7) is 12.0. The van der Waals surface area contributed by atoms with Crippen LogP contribution in [0.15, 0.2) is 0 Å². The highest BCUT2D eigenvalue weighted by Crippen LogP contribution is 2.64. The van der Waals surface area contributed by atoms with E-state index in [0.717, 1.165) is 19.0 Å². The lowest BCUT2D eigenvalue weighted by Crippen LogP contribution is -2.54. The van der Waals surface area contributed by atoms with Crippen molar-refractivity contribution in [2.45, 2.75) is 71.9 Å². The predicted octanol–water partition coefficient (Wildman–Crippen LogP) is 2.76. The van der Waals surface area contributed by atoms with Crippen LogP contribution in [0.25, 0.3) is 0 Å². The summed E-state index contributed by atoms with van der Waals surface area (Å²) in [7, 11) is 0. The van der Waals surface area contributed by atoms with Gasteiger partial charge in [-0.15, -0.1) is 0 Å². The average Bonchev–Trinajstić information content (AvgIpc) is 2.92. The Morgan fingerprint density at radius 2 is 2.00 bits per heavy atom. The van der Waals surface area contributed by atoms with Crippen molar-refractivity contribution >= 4 is 5.91 Å². The summed E-state index contributed by atoms with van der Waals surface area (Å²) in [5.41, 5.74) is 0.266. The first kappa shape index (κ1) is 13.4. The van der Waals surface area contributed by atoms with Crippen LogP contribution in [-0.4, -0.2) is 29.1 Å². The first-order valence-electron chi connectivity index (χ1n) is 7.81. The lowest BCUT2D eigenvalue weighted by molar-refractivity contribution is -0.139. The Hall–Kier alpha value is -0.570. The molecule has 3 heteroatoms. The molecule has 1 aliphatic heterocycles. The third-order valence-electron chi connectivity index (χ3n) is 6.58. The Morgan fingerprint density at radius 1 is 1.32 bits per heavy atom. The van der Waals surface area contributed by atoms with E-state index in [1.54, 1.807) is 0 Å². The monoisotopic (exact) mass is 264 g/mol. The van der Waals surface area contributed by atoms with Crippen molar-refractivity contribution < 1.29 is 4.79 Å². The van der Waals surface area contributed by atoms with Gasteiger partial charge >= 0.3 is 0 Å². The van der Waals surface area contributed by atoms with Gasteiger partial charge in [0.25, 0.3) is 0 Å². The van der Waals surface area contributed by atoms with Crippen molar-refractivity contribution in [3.8, 4) is 0 Å². The lowest BCUT2D eigenvalue weighted by atomic mass is 9.67. The van der Waals surface area contributed by atoms with Crippen molar-refractivity contribution in [2.24, 2.45) is 16.7 Å². The number of fused-ring (bicyclic) bond motifs is 2. The van der Waals surface area contributed by atoms with Crippen molar-refractivity contribution in [1.82, 2.24) is 10.2 Å². The molecule has 0 radical (unpaired) electrons. The fourth-order valence-corrected chi connectivity index (χ4v) is 5.26. The number of rotatable bonds is 2. The number of hydrogen-bond acceptors (Lipinski definition) is 2. The van der Waals surface area contributed by atoms with E-state index in [4.69, 9.17) is 0 Å². The Morgan fingerprint density at radius 3 is 2.47 bits per heavy atom. The average molecular weight is 264 g/mol. The maximum absolute atomic E-state index is 12.8. The zero-order chi connectivity index (χ0) is 14.1. The van der Waals surface area contributed by atoms with Crippen LogP contribution in [0.4, 0.5) is 0 Å². The van der Waals surface area contributed by atoms with Crippen LogP contribution in [0.2, 0.25) is 0 Å². The molecule has 3 aliphatic rings. The number of amides is 1. The topological polar surface area (TPSA) is 32.3 Å². The van der Waals surface area contributed by atoms with Crippen LogP contribution >= 0.6 is 0 Å². The second kappa shape index (κ2) is 3.75. The molecule has 2 aliphatic carbocycles. The summed E-state index contributed by atoms with van der Waals surface area (Å²) < 4.78 is 0. The molecule has 2 saturated carbocycles. The molecule has 1 N–H and O–H groups in total. The van der Waals surface area contributed by atoms with Crippen molar-refractivity contribution in [2.75, 3.05) is 6.67 Å². The van der Waals surface area contributed by atoms with Gasteiger partial charge in [0.2, 0.25) is 5.91 Å². The number of carbonyl (C=O) groups is 1. The number of hydrogen-bond donors (Lipinski definition) is 1. The predicted molar refractivity (Wildman–Crippen MR) is 76.6 cm³/mol. The standard InChI is InChI=1S/C16H28N2O/c1-6-16(5)13(19)18(10-17-16)12-14(2,3)11-7-8-15(12,4)9-11/h11-12,17H,6-10H2,1-5H3. The molecule has 19 heavy (non-hydrogen) atoms. The van der Waals surface area contributed by atoms with Crippen LogP contribution in [0.5, 0.6) is 0 Å². The third kappa shape index (κ3) is 1.57. The minimum Gasteiger partial charge on any atom is -0.324 e. The quantitative estimate of drug-likeness (QED) is 0.832. The zero-order valence-electron chi connectivity index (χ0n) is 13.0. The molecular weight excluding hydrogens is 236 g/mol. The van der Waals surface area contributed by atoms with E-state index in [9.17, 15) is 4.79 Å². The molecule has 4 atom stereocenters. The molecule has 4 unspecified atom stereocenters. The molecule has 1 amide bonds. The summed E-state index contributed by atoms with van der Waals surface area (Å²) in [4.78, 5) is 15.0. The van der Waals surface area contributed by atoms with Gasteiger partial charge in [-0.25, -0.2) is 0 Å². The van der Waals surface area contributed by atoms with Crippen LogP contribution in [0.3, 0.4) is 0 Å². The largest absolute Gasteiger partial charge is 0.324 e. The number of carbonyl (C=O) groups excluding carboxylic acids is 1. The van der Waals surface area contributed by atoms with Gasteiger partial charge in [-0.05, 0) is 49.4 Å². The Bertz CT molecular complexity index is 414.